The number of carbonyl (C=O) groups excluding carboxylic acids is 3. The van der Waals surface area contributed by atoms with Crippen molar-refractivity contribution in [2.75, 3.05) is 0 Å². The number of amides is 3. The number of carbonyl (C=O) groups is 3. The van der Waals surface area contributed by atoms with E-state index in [-0.39, 0.29) is 13.0 Å². The summed E-state index contributed by atoms with van der Waals surface area (Å²) in [7, 11) is 0. The van der Waals surface area contributed by atoms with E-state index in [0.717, 1.165) is 5.56 Å². The second kappa shape index (κ2) is 11.1. The van der Waals surface area contributed by atoms with Crippen LogP contribution in [-0.4, -0.2) is 40.1 Å². The maximum atomic E-state index is 12.0. The molecule has 0 aliphatic carbocycles. The lowest BCUT2D eigenvalue weighted by molar-refractivity contribution is -0.146. The fourth-order valence-corrected chi connectivity index (χ4v) is 3.35. The van der Waals surface area contributed by atoms with Crippen molar-refractivity contribution in [3.8, 4) is 10.8 Å². The number of urea groups is 1. The Bertz CT molecular complexity index is 1040. The molecule has 0 fully saturated rings. The summed E-state index contributed by atoms with van der Waals surface area (Å²) in [6.07, 6.45) is 0.0449. The molecular weight excluding hydrogens is 436 g/mol. The number of hydrogen-bond acceptors (Lipinski definition) is 8. The quantitative estimate of drug-likeness (QED) is 0.298. The van der Waals surface area contributed by atoms with E-state index in [0.29, 0.717) is 16.5 Å². The third-order valence-electron chi connectivity index (χ3n) is 4.21. The molecule has 0 radical (unpaired) electrons. The van der Waals surface area contributed by atoms with E-state index in [1.807, 2.05) is 30.3 Å². The van der Waals surface area contributed by atoms with Crippen molar-refractivity contribution in [1.82, 2.24) is 21.2 Å². The van der Waals surface area contributed by atoms with E-state index in [2.05, 4.69) is 21.2 Å². The summed E-state index contributed by atoms with van der Waals surface area (Å²) >= 11 is 1.32. The van der Waals surface area contributed by atoms with Gasteiger partial charge in [0.2, 0.25) is 0 Å². The Balaban J connectivity index is 1.38. The maximum Gasteiger partial charge on any atom is 0.334 e. The van der Waals surface area contributed by atoms with Crippen LogP contribution < -0.4 is 16.2 Å². The molecule has 0 aliphatic heterocycles. The van der Waals surface area contributed by atoms with Gasteiger partial charge in [0.15, 0.2) is 10.8 Å². The fraction of sp³-hybridized carbons (Fsp3) is 0.238. The molecule has 3 aromatic rings. The van der Waals surface area contributed by atoms with Gasteiger partial charge in [0.05, 0.1) is 12.0 Å². The number of esters is 1. The summed E-state index contributed by atoms with van der Waals surface area (Å²) in [6.45, 7) is 1.52. The standard InChI is InChI=1S/C21H22N4O6S/c1-13(20(28)31-11-14-6-3-2-4-7-14)22-21(29)25-24-18(27)16(26)10-15-12-32-19(23-15)17-8-5-9-30-17/h2-9,12-13,16,26H,10-11H2,1H3,(H,24,27)(H2,22,25,29)/t13-,16-/m0/s1. The lowest BCUT2D eigenvalue weighted by Crippen LogP contribution is -2.53. The zero-order valence-electron chi connectivity index (χ0n) is 17.1. The van der Waals surface area contributed by atoms with Crippen LogP contribution in [0.25, 0.3) is 10.8 Å². The molecule has 11 heteroatoms. The molecule has 4 N–H and O–H groups in total. The van der Waals surface area contributed by atoms with Crippen LogP contribution in [0.4, 0.5) is 4.79 Å². The first-order valence-corrected chi connectivity index (χ1v) is 10.5. The Hall–Kier alpha value is -3.70. The van der Waals surface area contributed by atoms with Crippen molar-refractivity contribution in [2.24, 2.45) is 0 Å². The van der Waals surface area contributed by atoms with E-state index in [1.165, 1.54) is 24.5 Å². The third-order valence-corrected chi connectivity index (χ3v) is 5.12. The first-order chi connectivity index (χ1) is 15.4. The lowest BCUT2D eigenvalue weighted by Gasteiger charge is -2.15. The molecule has 0 spiro atoms. The van der Waals surface area contributed by atoms with E-state index in [9.17, 15) is 19.5 Å². The van der Waals surface area contributed by atoms with Gasteiger partial charge in [0.1, 0.15) is 18.8 Å². The van der Waals surface area contributed by atoms with Crippen LogP contribution in [0, 0.1) is 0 Å². The molecule has 3 amide bonds. The van der Waals surface area contributed by atoms with Gasteiger partial charge in [0, 0.05) is 11.8 Å². The molecular formula is C21H22N4O6S. The largest absolute Gasteiger partial charge is 0.462 e. The second-order valence-electron chi connectivity index (χ2n) is 6.74. The molecule has 0 unspecified atom stereocenters. The van der Waals surface area contributed by atoms with Crippen molar-refractivity contribution in [2.45, 2.75) is 32.1 Å². The van der Waals surface area contributed by atoms with Gasteiger partial charge in [-0.3, -0.25) is 10.2 Å². The Morgan fingerprint density at radius 1 is 1.16 bits per heavy atom. The molecule has 2 heterocycles. The van der Waals surface area contributed by atoms with E-state index >= 15 is 0 Å². The number of benzene rings is 1. The number of aliphatic hydroxyl groups excluding tert-OH is 1. The molecule has 0 saturated carbocycles. The number of ether oxygens (including phenoxy) is 1. The zero-order chi connectivity index (χ0) is 22.9. The van der Waals surface area contributed by atoms with Crippen molar-refractivity contribution < 1.29 is 28.6 Å². The zero-order valence-corrected chi connectivity index (χ0v) is 17.9. The first-order valence-electron chi connectivity index (χ1n) is 9.65. The highest BCUT2D eigenvalue weighted by molar-refractivity contribution is 7.13. The monoisotopic (exact) mass is 458 g/mol. The van der Waals surface area contributed by atoms with Gasteiger partial charge in [0.25, 0.3) is 5.91 Å². The third kappa shape index (κ3) is 6.65. The molecule has 0 bridgehead atoms. The van der Waals surface area contributed by atoms with Crippen LogP contribution in [0.1, 0.15) is 18.2 Å². The Labute approximate surface area is 187 Å². The van der Waals surface area contributed by atoms with E-state index in [4.69, 9.17) is 9.15 Å². The summed E-state index contributed by atoms with van der Waals surface area (Å²) in [6, 6.07) is 10.8. The molecule has 32 heavy (non-hydrogen) atoms. The molecule has 168 valence electrons. The van der Waals surface area contributed by atoms with Gasteiger partial charge in [-0.25, -0.2) is 20.0 Å². The highest BCUT2D eigenvalue weighted by atomic mass is 32.1. The van der Waals surface area contributed by atoms with Crippen LogP contribution in [0.2, 0.25) is 0 Å². The van der Waals surface area contributed by atoms with Crippen LogP contribution in [0.5, 0.6) is 0 Å². The van der Waals surface area contributed by atoms with Gasteiger partial charge in [-0.05, 0) is 24.6 Å². The van der Waals surface area contributed by atoms with Crippen molar-refractivity contribution in [1.29, 1.82) is 0 Å². The number of nitrogens with zero attached hydrogens (tertiary/aromatic N) is 1. The molecule has 0 saturated heterocycles. The number of rotatable bonds is 8. The highest BCUT2D eigenvalue weighted by Gasteiger charge is 2.20. The number of aromatic nitrogens is 1. The molecule has 2 atom stereocenters. The molecule has 1 aromatic carbocycles. The first kappa shape index (κ1) is 23.0. The molecule has 10 nitrogen and oxygen atoms in total. The number of hydrazine groups is 1. The Morgan fingerprint density at radius 3 is 2.66 bits per heavy atom. The summed E-state index contributed by atoms with van der Waals surface area (Å²) < 4.78 is 10.4. The predicted molar refractivity (Wildman–Crippen MR) is 115 cm³/mol. The number of aliphatic hydroxyl groups is 1. The van der Waals surface area contributed by atoms with Crippen molar-refractivity contribution in [3.05, 3.63) is 65.4 Å². The number of hydrogen-bond donors (Lipinski definition) is 4. The number of nitrogens with one attached hydrogen (secondary N) is 3. The average molecular weight is 458 g/mol. The summed E-state index contributed by atoms with van der Waals surface area (Å²) in [4.78, 5) is 40.2. The number of furan rings is 1. The Morgan fingerprint density at radius 2 is 1.94 bits per heavy atom. The minimum absolute atomic E-state index is 0.0471. The summed E-state index contributed by atoms with van der Waals surface area (Å²) in [5, 5.41) is 14.7. The fourth-order valence-electron chi connectivity index (χ4n) is 2.55. The molecule has 3 rings (SSSR count). The van der Waals surface area contributed by atoms with Crippen molar-refractivity contribution in [3.63, 3.8) is 0 Å². The lowest BCUT2D eigenvalue weighted by atomic mass is 10.2. The van der Waals surface area contributed by atoms with Gasteiger partial charge < -0.3 is 19.6 Å². The molecule has 0 aliphatic rings. The second-order valence-corrected chi connectivity index (χ2v) is 7.60. The van der Waals surface area contributed by atoms with Crippen molar-refractivity contribution >= 4 is 29.2 Å². The summed E-state index contributed by atoms with van der Waals surface area (Å²) in [5.41, 5.74) is 5.50. The average Bonchev–Trinajstić information content (AvgIpc) is 3.48. The minimum atomic E-state index is -1.44. The van der Waals surface area contributed by atoms with Gasteiger partial charge in [-0.15, -0.1) is 11.3 Å². The Kier molecular flexibility index (Phi) is 7.95. The van der Waals surface area contributed by atoms with E-state index in [1.54, 1.807) is 17.5 Å². The minimum Gasteiger partial charge on any atom is -0.462 e. The van der Waals surface area contributed by atoms with Gasteiger partial charge in [-0.2, -0.15) is 0 Å². The van der Waals surface area contributed by atoms with Crippen LogP contribution in [-0.2, 0) is 27.4 Å². The van der Waals surface area contributed by atoms with Gasteiger partial charge in [-0.1, -0.05) is 30.3 Å². The van der Waals surface area contributed by atoms with Crippen LogP contribution in [0.15, 0.2) is 58.5 Å². The highest BCUT2D eigenvalue weighted by Crippen LogP contribution is 2.24. The smallest absolute Gasteiger partial charge is 0.334 e. The van der Waals surface area contributed by atoms with E-state index < -0.39 is 30.1 Å². The van der Waals surface area contributed by atoms with Crippen LogP contribution >= 0.6 is 11.3 Å². The van der Waals surface area contributed by atoms with Crippen LogP contribution in [0.3, 0.4) is 0 Å². The summed E-state index contributed by atoms with van der Waals surface area (Å²) in [5.74, 6) is -0.867. The molecule has 2 aromatic heterocycles. The number of thiazole rings is 1. The SMILES string of the molecule is C[C@H](NC(=O)NNC(=O)[C@@H](O)Cc1csc(-c2ccco2)n1)C(=O)OCc1ccccc1. The van der Waals surface area contributed by atoms with Gasteiger partial charge >= 0.3 is 12.0 Å². The predicted octanol–water partition coefficient (Wildman–Crippen LogP) is 1.77. The normalized spacial score (nSPS) is 12.4. The topological polar surface area (TPSA) is 143 Å². The maximum absolute atomic E-state index is 12.0.